The van der Waals surface area contributed by atoms with Crippen molar-refractivity contribution in [3.8, 4) is 0 Å². The van der Waals surface area contributed by atoms with Gasteiger partial charge in [-0.25, -0.2) is 4.98 Å². The zero-order valence-electron chi connectivity index (χ0n) is 9.19. The van der Waals surface area contributed by atoms with E-state index in [4.69, 9.17) is 4.74 Å². The van der Waals surface area contributed by atoms with Gasteiger partial charge in [0.2, 0.25) is 0 Å². The molecule has 2 unspecified atom stereocenters. The molecular formula is C11H17NO2S. The van der Waals surface area contributed by atoms with E-state index in [9.17, 15) is 5.11 Å². The molecule has 1 aliphatic rings. The van der Waals surface area contributed by atoms with Crippen molar-refractivity contribution in [1.29, 1.82) is 0 Å². The van der Waals surface area contributed by atoms with E-state index in [0.717, 1.165) is 17.1 Å². The van der Waals surface area contributed by atoms with Gasteiger partial charge >= 0.3 is 0 Å². The van der Waals surface area contributed by atoms with Crippen LogP contribution in [-0.2, 0) is 11.2 Å². The first-order valence-corrected chi connectivity index (χ1v) is 6.20. The Morgan fingerprint density at radius 1 is 1.73 bits per heavy atom. The number of aromatic nitrogens is 1. The second-order valence-corrected chi connectivity index (χ2v) is 5.36. The summed E-state index contributed by atoms with van der Waals surface area (Å²) in [5, 5.41) is 13.5. The summed E-state index contributed by atoms with van der Waals surface area (Å²) in [7, 11) is 0. The number of thiazole rings is 1. The maximum Gasteiger partial charge on any atom is 0.0956 e. The fourth-order valence-electron chi connectivity index (χ4n) is 2.07. The molecule has 3 nitrogen and oxygen atoms in total. The Morgan fingerprint density at radius 3 is 3.13 bits per heavy atom. The zero-order chi connectivity index (χ0) is 10.9. The van der Waals surface area contributed by atoms with Crippen LogP contribution in [0.5, 0.6) is 0 Å². The lowest BCUT2D eigenvalue weighted by Gasteiger charge is -2.35. The van der Waals surface area contributed by atoms with Crippen LogP contribution in [0.25, 0.3) is 0 Å². The molecule has 4 heteroatoms. The summed E-state index contributed by atoms with van der Waals surface area (Å²) in [4.78, 5) is 4.39. The minimum atomic E-state index is -0.609. The Hall–Kier alpha value is -0.450. The van der Waals surface area contributed by atoms with Crippen molar-refractivity contribution < 1.29 is 9.84 Å². The van der Waals surface area contributed by atoms with E-state index in [1.54, 1.807) is 11.3 Å². The topological polar surface area (TPSA) is 42.4 Å². The van der Waals surface area contributed by atoms with E-state index in [-0.39, 0.29) is 6.10 Å². The summed E-state index contributed by atoms with van der Waals surface area (Å²) < 4.78 is 5.44. The van der Waals surface area contributed by atoms with E-state index in [0.29, 0.717) is 19.4 Å². The lowest BCUT2D eigenvalue weighted by Crippen LogP contribution is -2.41. The van der Waals surface area contributed by atoms with Gasteiger partial charge in [0.1, 0.15) is 0 Å². The van der Waals surface area contributed by atoms with Crippen LogP contribution in [0.2, 0.25) is 0 Å². The van der Waals surface area contributed by atoms with Crippen molar-refractivity contribution >= 4 is 11.3 Å². The molecule has 1 N–H and O–H groups in total. The normalized spacial score (nSPS) is 31.8. The fourth-order valence-corrected chi connectivity index (χ4v) is 2.98. The van der Waals surface area contributed by atoms with Crippen LogP contribution >= 0.6 is 11.3 Å². The summed E-state index contributed by atoms with van der Waals surface area (Å²) >= 11 is 1.63. The molecule has 0 spiro atoms. The highest BCUT2D eigenvalue weighted by atomic mass is 32.1. The van der Waals surface area contributed by atoms with Gasteiger partial charge in [-0.3, -0.25) is 0 Å². The minimum Gasteiger partial charge on any atom is -0.389 e. The molecule has 84 valence electrons. The van der Waals surface area contributed by atoms with Crippen LogP contribution in [0.4, 0.5) is 0 Å². The van der Waals surface area contributed by atoms with Crippen molar-refractivity contribution in [2.45, 2.75) is 44.8 Å². The number of ether oxygens (including phenoxy) is 1. The largest absolute Gasteiger partial charge is 0.389 e. The molecule has 0 aromatic carbocycles. The van der Waals surface area contributed by atoms with E-state index in [1.165, 1.54) is 0 Å². The van der Waals surface area contributed by atoms with Crippen molar-refractivity contribution in [3.63, 3.8) is 0 Å². The van der Waals surface area contributed by atoms with E-state index in [2.05, 4.69) is 4.98 Å². The number of rotatable bonds is 2. The van der Waals surface area contributed by atoms with Crippen LogP contribution in [0.15, 0.2) is 5.38 Å². The highest BCUT2D eigenvalue weighted by Crippen LogP contribution is 2.29. The van der Waals surface area contributed by atoms with E-state index >= 15 is 0 Å². The molecule has 1 fully saturated rings. The van der Waals surface area contributed by atoms with Crippen LogP contribution in [-0.4, -0.2) is 28.4 Å². The Bertz CT molecular complexity index is 339. The molecule has 2 rings (SSSR count). The second kappa shape index (κ2) is 4.20. The van der Waals surface area contributed by atoms with Gasteiger partial charge in [0.05, 0.1) is 16.7 Å². The molecule has 0 aliphatic carbocycles. The van der Waals surface area contributed by atoms with Gasteiger partial charge in [0, 0.05) is 36.9 Å². The van der Waals surface area contributed by atoms with E-state index in [1.807, 2.05) is 19.2 Å². The molecule has 1 aromatic heterocycles. The lowest BCUT2D eigenvalue weighted by molar-refractivity contribution is -0.0961. The third-order valence-electron chi connectivity index (χ3n) is 2.78. The molecule has 0 amide bonds. The van der Waals surface area contributed by atoms with Gasteiger partial charge in [-0.15, -0.1) is 11.3 Å². The molecule has 1 aromatic rings. The third kappa shape index (κ3) is 2.77. The number of hydrogen-bond donors (Lipinski definition) is 1. The van der Waals surface area contributed by atoms with Gasteiger partial charge in [0.15, 0.2) is 0 Å². The van der Waals surface area contributed by atoms with Crippen LogP contribution in [0.3, 0.4) is 0 Å². The molecule has 15 heavy (non-hydrogen) atoms. The standard InChI is InChI=1S/C11H17NO2S/c1-8-7-15-10(12-8)6-11(13)3-4-14-9(2)5-11/h7,9,13H,3-6H2,1-2H3. The number of aliphatic hydroxyl groups is 1. The average molecular weight is 227 g/mol. The van der Waals surface area contributed by atoms with Crippen molar-refractivity contribution in [2.75, 3.05) is 6.61 Å². The highest BCUT2D eigenvalue weighted by molar-refractivity contribution is 7.09. The second-order valence-electron chi connectivity index (χ2n) is 4.42. The Labute approximate surface area is 94.1 Å². The van der Waals surface area contributed by atoms with Crippen LogP contribution in [0, 0.1) is 6.92 Å². The number of aryl methyl sites for hydroxylation is 1. The quantitative estimate of drug-likeness (QED) is 0.839. The summed E-state index contributed by atoms with van der Waals surface area (Å²) in [5.41, 5.74) is 0.431. The van der Waals surface area contributed by atoms with Crippen LogP contribution in [0.1, 0.15) is 30.5 Å². The monoisotopic (exact) mass is 227 g/mol. The Kier molecular flexibility index (Phi) is 3.09. The molecule has 0 radical (unpaired) electrons. The lowest BCUT2D eigenvalue weighted by atomic mass is 9.88. The molecule has 1 saturated heterocycles. The van der Waals surface area contributed by atoms with Gasteiger partial charge in [0.25, 0.3) is 0 Å². The molecular weight excluding hydrogens is 210 g/mol. The maximum atomic E-state index is 10.4. The molecule has 1 aliphatic heterocycles. The summed E-state index contributed by atoms with van der Waals surface area (Å²) in [6, 6.07) is 0. The first-order valence-electron chi connectivity index (χ1n) is 5.32. The van der Waals surface area contributed by atoms with Gasteiger partial charge < -0.3 is 9.84 Å². The predicted octanol–water partition coefficient (Wildman–Crippen LogP) is 1.92. The molecule has 0 saturated carbocycles. The first-order chi connectivity index (χ1) is 7.07. The van der Waals surface area contributed by atoms with Gasteiger partial charge in [-0.1, -0.05) is 0 Å². The molecule has 2 heterocycles. The molecule has 2 atom stereocenters. The van der Waals surface area contributed by atoms with E-state index < -0.39 is 5.60 Å². The maximum absolute atomic E-state index is 10.4. The summed E-state index contributed by atoms with van der Waals surface area (Å²) in [6.45, 7) is 4.65. The zero-order valence-corrected chi connectivity index (χ0v) is 10.0. The number of hydrogen-bond acceptors (Lipinski definition) is 4. The van der Waals surface area contributed by atoms with Crippen LogP contribution < -0.4 is 0 Å². The SMILES string of the molecule is Cc1csc(CC2(O)CCOC(C)C2)n1. The van der Waals surface area contributed by atoms with Crippen molar-refractivity contribution in [1.82, 2.24) is 4.98 Å². The first kappa shape index (κ1) is 11.0. The summed E-state index contributed by atoms with van der Waals surface area (Å²) in [5.74, 6) is 0. The predicted molar refractivity (Wildman–Crippen MR) is 60.2 cm³/mol. The Morgan fingerprint density at radius 2 is 2.53 bits per heavy atom. The Balaban J connectivity index is 2.03. The molecule has 0 bridgehead atoms. The van der Waals surface area contributed by atoms with Gasteiger partial charge in [-0.05, 0) is 13.8 Å². The average Bonchev–Trinajstić information content (AvgIpc) is 2.49. The minimum absolute atomic E-state index is 0.157. The fraction of sp³-hybridized carbons (Fsp3) is 0.727. The van der Waals surface area contributed by atoms with Gasteiger partial charge in [-0.2, -0.15) is 0 Å². The number of nitrogens with zero attached hydrogens (tertiary/aromatic N) is 1. The smallest absolute Gasteiger partial charge is 0.0956 e. The van der Waals surface area contributed by atoms with Crippen molar-refractivity contribution in [3.05, 3.63) is 16.1 Å². The highest BCUT2D eigenvalue weighted by Gasteiger charge is 2.34. The summed E-state index contributed by atoms with van der Waals surface area (Å²) in [6.07, 6.45) is 2.26. The third-order valence-corrected chi connectivity index (χ3v) is 3.75. The van der Waals surface area contributed by atoms with Crippen molar-refractivity contribution in [2.24, 2.45) is 0 Å².